The van der Waals surface area contributed by atoms with E-state index in [1.54, 1.807) is 22.8 Å². The van der Waals surface area contributed by atoms with Crippen LogP contribution in [-0.2, 0) is 16.4 Å². The first-order valence-corrected chi connectivity index (χ1v) is 11.6. The van der Waals surface area contributed by atoms with E-state index >= 15 is 0 Å². The Balaban J connectivity index is 1.71. The normalized spacial score (nSPS) is 12.4. The largest absolute Gasteiger partial charge is 0.573 e. The fraction of sp³-hybridized carbons (Fsp3) is 0.250. The zero-order chi connectivity index (χ0) is 24.0. The van der Waals surface area contributed by atoms with Crippen LogP contribution in [0.3, 0.4) is 0 Å². The molecule has 1 N–H and O–H groups in total. The maximum Gasteiger partial charge on any atom is 0.573 e. The molecule has 0 saturated heterocycles. The molecule has 0 radical (unpaired) electrons. The summed E-state index contributed by atoms with van der Waals surface area (Å²) in [4.78, 5) is 20.3. The molecule has 33 heavy (non-hydrogen) atoms. The Morgan fingerprint density at radius 2 is 1.91 bits per heavy atom. The molecule has 0 unspecified atom stereocenters. The highest BCUT2D eigenvalue weighted by Gasteiger charge is 2.31. The number of ketones is 1. The lowest BCUT2D eigenvalue weighted by molar-refractivity contribution is -0.274. The van der Waals surface area contributed by atoms with E-state index < -0.39 is 21.9 Å². The van der Waals surface area contributed by atoms with Gasteiger partial charge in [0.25, 0.3) is 0 Å². The molecule has 0 atom stereocenters. The van der Waals surface area contributed by atoms with Crippen molar-refractivity contribution in [2.75, 3.05) is 17.3 Å². The monoisotopic (exact) mass is 482 g/mol. The molecule has 0 fully saturated rings. The third kappa shape index (κ3) is 5.25. The van der Waals surface area contributed by atoms with Gasteiger partial charge in [-0.3, -0.25) is 10.1 Å². The van der Waals surface area contributed by atoms with Crippen molar-refractivity contribution in [2.45, 2.75) is 19.8 Å². The second-order valence-corrected chi connectivity index (χ2v) is 9.56. The van der Waals surface area contributed by atoms with Gasteiger partial charge in [-0.25, -0.2) is 13.4 Å². The molecule has 0 aliphatic rings. The molecule has 4 rings (SSSR count). The molecule has 0 aliphatic carbocycles. The molecule has 0 saturated carbocycles. The molecule has 0 bridgehead atoms. The van der Waals surface area contributed by atoms with Gasteiger partial charge in [-0.1, -0.05) is 0 Å². The number of hydrogen-bond acceptors (Lipinski definition) is 8. The average molecular weight is 482 g/mol. The Kier molecular flexibility index (Phi) is 5.52. The Bertz CT molecular complexity index is 1470. The number of carbonyl (C=O) groups is 1. The lowest BCUT2D eigenvalue weighted by Crippen LogP contribution is -2.16. The molecular weight excluding hydrogens is 465 g/mol. The van der Waals surface area contributed by atoms with Crippen molar-refractivity contribution in [2.24, 2.45) is 0 Å². The number of sulfone groups is 1. The van der Waals surface area contributed by atoms with Crippen LogP contribution in [-0.4, -0.2) is 47.1 Å². The van der Waals surface area contributed by atoms with E-state index in [2.05, 4.69) is 20.0 Å². The van der Waals surface area contributed by atoms with Crippen LogP contribution < -0.4 is 10.1 Å². The number of imidazole rings is 1. The number of anilines is 2. The van der Waals surface area contributed by atoms with Gasteiger partial charge in [0.05, 0.1) is 16.8 Å². The standard InChI is InChI=1S/C20H17F3N4O5S/c1-11(28)12-3-6-16-15(9-12)24-18(27(16)7-8-33(2,29)30)26-19-25-14-5-4-13(10-17(14)31-19)32-20(21,22)23/h3-6,9-10H,7-8H2,1-2H3,(H,24,25,26). The number of alkyl halides is 3. The predicted octanol–water partition coefficient (Wildman–Crippen LogP) is 4.07. The fourth-order valence-electron chi connectivity index (χ4n) is 3.18. The van der Waals surface area contributed by atoms with Crippen LogP contribution in [0.25, 0.3) is 22.1 Å². The Morgan fingerprint density at radius 1 is 1.15 bits per heavy atom. The highest BCUT2D eigenvalue weighted by atomic mass is 32.2. The van der Waals surface area contributed by atoms with Gasteiger partial charge < -0.3 is 13.7 Å². The van der Waals surface area contributed by atoms with E-state index in [0.717, 1.165) is 18.4 Å². The van der Waals surface area contributed by atoms with Crippen LogP contribution in [0.5, 0.6) is 5.75 Å². The number of halogens is 3. The van der Waals surface area contributed by atoms with Crippen molar-refractivity contribution in [1.82, 2.24) is 14.5 Å². The Hall–Kier alpha value is -3.61. The molecule has 2 heterocycles. The Morgan fingerprint density at radius 3 is 2.58 bits per heavy atom. The lowest BCUT2D eigenvalue weighted by Gasteiger charge is -2.08. The highest BCUT2D eigenvalue weighted by molar-refractivity contribution is 7.90. The summed E-state index contributed by atoms with van der Waals surface area (Å²) in [6.45, 7) is 1.47. The molecule has 2 aromatic carbocycles. The number of aryl methyl sites for hydroxylation is 1. The van der Waals surface area contributed by atoms with E-state index in [-0.39, 0.29) is 41.1 Å². The molecule has 0 aliphatic heterocycles. The van der Waals surface area contributed by atoms with Crippen LogP contribution >= 0.6 is 0 Å². The number of nitrogens with one attached hydrogen (secondary N) is 1. The third-order valence-corrected chi connectivity index (χ3v) is 5.58. The van der Waals surface area contributed by atoms with Gasteiger partial charge in [-0.15, -0.1) is 13.2 Å². The van der Waals surface area contributed by atoms with Crippen molar-refractivity contribution >= 4 is 49.7 Å². The van der Waals surface area contributed by atoms with E-state index in [4.69, 9.17) is 4.42 Å². The van der Waals surface area contributed by atoms with Gasteiger partial charge in [0.15, 0.2) is 11.4 Å². The number of Topliss-reactive ketones (excluding diaryl/α,β-unsaturated/α-hetero) is 1. The summed E-state index contributed by atoms with van der Waals surface area (Å²) in [5.41, 5.74) is 1.75. The summed E-state index contributed by atoms with van der Waals surface area (Å²) in [5.74, 6) is -0.608. The summed E-state index contributed by atoms with van der Waals surface area (Å²) < 4.78 is 71.7. The topological polar surface area (TPSA) is 116 Å². The quantitative estimate of drug-likeness (QED) is 0.392. The summed E-state index contributed by atoms with van der Waals surface area (Å²) in [6, 6.07) is 8.22. The van der Waals surface area contributed by atoms with Crippen LogP contribution in [0.1, 0.15) is 17.3 Å². The molecule has 2 aromatic heterocycles. The maximum atomic E-state index is 12.5. The van der Waals surface area contributed by atoms with E-state index in [0.29, 0.717) is 16.6 Å². The first-order valence-electron chi connectivity index (χ1n) is 9.50. The maximum absolute atomic E-state index is 12.5. The predicted molar refractivity (Wildman–Crippen MR) is 113 cm³/mol. The second kappa shape index (κ2) is 8.06. The van der Waals surface area contributed by atoms with Crippen LogP contribution in [0, 0.1) is 0 Å². The zero-order valence-corrected chi connectivity index (χ0v) is 18.1. The van der Waals surface area contributed by atoms with Crippen molar-refractivity contribution in [1.29, 1.82) is 0 Å². The van der Waals surface area contributed by atoms with Crippen molar-refractivity contribution in [3.63, 3.8) is 0 Å². The van der Waals surface area contributed by atoms with Gasteiger partial charge in [0, 0.05) is 24.4 Å². The summed E-state index contributed by atoms with van der Waals surface area (Å²) in [7, 11) is -3.30. The molecule has 0 amide bonds. The minimum atomic E-state index is -4.85. The van der Waals surface area contributed by atoms with Crippen molar-refractivity contribution < 1.29 is 35.5 Å². The van der Waals surface area contributed by atoms with E-state index in [1.165, 1.54) is 13.0 Å². The molecule has 13 heteroatoms. The highest BCUT2D eigenvalue weighted by Crippen LogP contribution is 2.30. The summed E-state index contributed by atoms with van der Waals surface area (Å²) in [5, 5.41) is 2.84. The third-order valence-electron chi connectivity index (χ3n) is 4.65. The number of ether oxygens (including phenoxy) is 1. The number of aromatic nitrogens is 3. The van der Waals surface area contributed by atoms with Crippen molar-refractivity contribution in [3.8, 4) is 5.75 Å². The number of nitrogens with zero attached hydrogens (tertiary/aromatic N) is 3. The first-order chi connectivity index (χ1) is 15.4. The van der Waals surface area contributed by atoms with Crippen LogP contribution in [0.2, 0.25) is 0 Å². The molecule has 4 aromatic rings. The Labute approximate surface area is 185 Å². The fourth-order valence-corrected chi connectivity index (χ4v) is 3.69. The number of carbonyl (C=O) groups excluding carboxylic acids is 1. The van der Waals surface area contributed by atoms with Gasteiger partial charge in [0.2, 0.25) is 5.95 Å². The number of oxazole rings is 1. The first kappa shape index (κ1) is 22.6. The van der Waals surface area contributed by atoms with Crippen molar-refractivity contribution in [3.05, 3.63) is 42.0 Å². The lowest BCUT2D eigenvalue weighted by atomic mass is 10.1. The smallest absolute Gasteiger partial charge is 0.423 e. The van der Waals surface area contributed by atoms with Gasteiger partial charge in [0.1, 0.15) is 21.1 Å². The average Bonchev–Trinajstić information content (AvgIpc) is 3.23. The van der Waals surface area contributed by atoms with Gasteiger partial charge in [-0.2, -0.15) is 4.98 Å². The molecule has 0 spiro atoms. The van der Waals surface area contributed by atoms with E-state index in [9.17, 15) is 26.4 Å². The SMILES string of the molecule is CC(=O)c1ccc2c(c1)nc(Nc1nc3ccc(OC(F)(F)F)cc3o1)n2CCS(C)(=O)=O. The molecular formula is C20H17F3N4O5S. The van der Waals surface area contributed by atoms with Crippen LogP contribution in [0.4, 0.5) is 25.1 Å². The molecule has 174 valence electrons. The van der Waals surface area contributed by atoms with Gasteiger partial charge >= 0.3 is 12.4 Å². The molecule has 9 nitrogen and oxygen atoms in total. The minimum absolute atomic E-state index is 0.0388. The number of rotatable bonds is 7. The summed E-state index contributed by atoms with van der Waals surface area (Å²) in [6.07, 6.45) is -3.74. The second-order valence-electron chi connectivity index (χ2n) is 7.30. The van der Waals surface area contributed by atoms with E-state index in [1.807, 2.05) is 0 Å². The number of hydrogen-bond donors (Lipinski definition) is 1. The van der Waals surface area contributed by atoms with Gasteiger partial charge in [-0.05, 0) is 37.3 Å². The van der Waals surface area contributed by atoms with Crippen LogP contribution in [0.15, 0.2) is 40.8 Å². The number of fused-ring (bicyclic) bond motifs is 2. The minimum Gasteiger partial charge on any atom is -0.423 e. The number of benzene rings is 2. The zero-order valence-electron chi connectivity index (χ0n) is 17.3. The summed E-state index contributed by atoms with van der Waals surface area (Å²) >= 11 is 0.